The highest BCUT2D eigenvalue weighted by Gasteiger charge is 2.22. The predicted molar refractivity (Wildman–Crippen MR) is 71.6 cm³/mol. The van der Waals surface area contributed by atoms with Crippen molar-refractivity contribution in [3.63, 3.8) is 0 Å². The molecule has 18 heavy (non-hydrogen) atoms. The van der Waals surface area contributed by atoms with E-state index in [1.54, 1.807) is 6.07 Å². The van der Waals surface area contributed by atoms with Crippen LogP contribution in [0.15, 0.2) is 59.7 Å². The molecule has 0 saturated heterocycles. The number of benzene rings is 2. The molecule has 0 aromatic heterocycles. The third-order valence-electron chi connectivity index (χ3n) is 3.17. The third kappa shape index (κ3) is 1.95. The van der Waals surface area contributed by atoms with Crippen LogP contribution in [-0.2, 0) is 0 Å². The molecule has 0 amide bonds. The predicted octanol–water partition coefficient (Wildman–Crippen LogP) is 2.83. The molecule has 2 N–H and O–H groups in total. The Labute approximate surface area is 106 Å². The summed E-state index contributed by atoms with van der Waals surface area (Å²) in [5.41, 5.74) is 6.05. The Morgan fingerprint density at radius 2 is 1.72 bits per heavy atom. The molecule has 1 unspecified atom stereocenters. The van der Waals surface area contributed by atoms with Crippen molar-refractivity contribution in [2.45, 2.75) is 12.5 Å². The van der Waals surface area contributed by atoms with Crippen LogP contribution in [-0.4, -0.2) is 10.8 Å². The molecular weight excluding hydrogens is 224 g/mol. The summed E-state index contributed by atoms with van der Waals surface area (Å²) in [6.07, 6.45) is 0.793. The molecule has 90 valence electrons. The quantitative estimate of drug-likeness (QED) is 0.845. The van der Waals surface area contributed by atoms with Crippen molar-refractivity contribution in [3.05, 3.63) is 65.7 Å². The summed E-state index contributed by atoms with van der Waals surface area (Å²) < 4.78 is 0. The van der Waals surface area contributed by atoms with Gasteiger partial charge in [-0.1, -0.05) is 42.5 Å². The Bertz CT molecular complexity index is 578. The number of phenolic OH excluding ortho intramolecular Hbond substituents is 1. The zero-order valence-electron chi connectivity index (χ0n) is 9.88. The minimum atomic E-state index is 0.195. The Morgan fingerprint density at radius 1 is 1.00 bits per heavy atom. The van der Waals surface area contributed by atoms with Crippen LogP contribution in [0.2, 0.25) is 0 Å². The lowest BCUT2D eigenvalue weighted by molar-refractivity contribution is 0.474. The Morgan fingerprint density at radius 3 is 2.50 bits per heavy atom. The lowest BCUT2D eigenvalue weighted by Crippen LogP contribution is -2.09. The summed E-state index contributed by atoms with van der Waals surface area (Å²) in [5.74, 6) is 0.284. The molecule has 1 heterocycles. The van der Waals surface area contributed by atoms with E-state index in [4.69, 9.17) is 0 Å². The van der Waals surface area contributed by atoms with E-state index in [2.05, 4.69) is 22.7 Å². The van der Waals surface area contributed by atoms with Crippen LogP contribution in [0.3, 0.4) is 0 Å². The van der Waals surface area contributed by atoms with Crippen molar-refractivity contribution in [1.82, 2.24) is 5.43 Å². The number of hydrogen-bond donors (Lipinski definition) is 2. The molecule has 2 aromatic carbocycles. The molecule has 3 heteroatoms. The first kappa shape index (κ1) is 10.8. The summed E-state index contributed by atoms with van der Waals surface area (Å²) in [6, 6.07) is 17.7. The number of nitrogens with zero attached hydrogens (tertiary/aromatic N) is 1. The van der Waals surface area contributed by atoms with E-state index < -0.39 is 0 Å². The fourth-order valence-electron chi connectivity index (χ4n) is 2.21. The minimum Gasteiger partial charge on any atom is -0.507 e. The second-order valence-corrected chi connectivity index (χ2v) is 4.37. The second-order valence-electron chi connectivity index (χ2n) is 4.37. The van der Waals surface area contributed by atoms with Gasteiger partial charge in [-0.05, 0) is 17.7 Å². The highest BCUT2D eigenvalue weighted by atomic mass is 16.3. The SMILES string of the molecule is Oc1ccccc1C1=NNC(c2ccccc2)C1. The zero-order chi connectivity index (χ0) is 12.4. The molecule has 1 aliphatic heterocycles. The maximum atomic E-state index is 9.82. The van der Waals surface area contributed by atoms with E-state index in [9.17, 15) is 5.11 Å². The molecule has 3 nitrogen and oxygen atoms in total. The summed E-state index contributed by atoms with van der Waals surface area (Å²) in [4.78, 5) is 0. The van der Waals surface area contributed by atoms with Crippen LogP contribution in [0.5, 0.6) is 5.75 Å². The average Bonchev–Trinajstić information content (AvgIpc) is 2.90. The Hall–Kier alpha value is -2.29. The standard InChI is InChI=1S/C15H14N2O/c18-15-9-5-4-8-12(15)14-10-13(16-17-14)11-6-2-1-3-7-11/h1-9,13,16,18H,10H2. The van der Waals surface area contributed by atoms with E-state index >= 15 is 0 Å². The zero-order valence-corrected chi connectivity index (χ0v) is 9.88. The van der Waals surface area contributed by atoms with Gasteiger partial charge in [0.25, 0.3) is 0 Å². The van der Waals surface area contributed by atoms with Gasteiger partial charge in [-0.3, -0.25) is 0 Å². The van der Waals surface area contributed by atoms with Gasteiger partial charge < -0.3 is 10.5 Å². The van der Waals surface area contributed by atoms with E-state index in [-0.39, 0.29) is 11.8 Å². The minimum absolute atomic E-state index is 0.195. The number of hydrogen-bond acceptors (Lipinski definition) is 3. The van der Waals surface area contributed by atoms with Crippen molar-refractivity contribution in [2.75, 3.05) is 0 Å². The van der Waals surface area contributed by atoms with Crippen molar-refractivity contribution in [2.24, 2.45) is 5.10 Å². The fourth-order valence-corrected chi connectivity index (χ4v) is 2.21. The molecule has 1 atom stereocenters. The summed E-state index contributed by atoms with van der Waals surface area (Å²) >= 11 is 0. The fraction of sp³-hybridized carbons (Fsp3) is 0.133. The van der Waals surface area contributed by atoms with Gasteiger partial charge in [0.1, 0.15) is 5.75 Å². The average molecular weight is 238 g/mol. The lowest BCUT2D eigenvalue weighted by Gasteiger charge is -2.09. The molecule has 2 aromatic rings. The topological polar surface area (TPSA) is 44.6 Å². The van der Waals surface area contributed by atoms with Gasteiger partial charge in [0, 0.05) is 12.0 Å². The lowest BCUT2D eigenvalue weighted by atomic mass is 9.99. The third-order valence-corrected chi connectivity index (χ3v) is 3.17. The molecular formula is C15H14N2O. The van der Waals surface area contributed by atoms with Gasteiger partial charge in [0.05, 0.1) is 11.8 Å². The van der Waals surface area contributed by atoms with Crippen molar-refractivity contribution < 1.29 is 5.11 Å². The molecule has 0 aliphatic carbocycles. The Kier molecular flexibility index (Phi) is 2.73. The Balaban J connectivity index is 1.82. The van der Waals surface area contributed by atoms with Gasteiger partial charge >= 0.3 is 0 Å². The van der Waals surface area contributed by atoms with Gasteiger partial charge in [-0.2, -0.15) is 5.10 Å². The van der Waals surface area contributed by atoms with E-state index in [0.717, 1.165) is 17.7 Å². The van der Waals surface area contributed by atoms with Crippen molar-refractivity contribution >= 4 is 5.71 Å². The van der Waals surface area contributed by atoms with Gasteiger partial charge in [0.15, 0.2) is 0 Å². The maximum absolute atomic E-state index is 9.82. The van der Waals surface area contributed by atoms with Crippen LogP contribution in [0.1, 0.15) is 23.6 Å². The first-order valence-corrected chi connectivity index (χ1v) is 6.00. The first-order valence-electron chi connectivity index (χ1n) is 6.00. The smallest absolute Gasteiger partial charge is 0.124 e. The molecule has 0 spiro atoms. The van der Waals surface area contributed by atoms with Crippen LogP contribution in [0.4, 0.5) is 0 Å². The van der Waals surface area contributed by atoms with E-state index in [1.807, 2.05) is 36.4 Å². The molecule has 0 saturated carbocycles. The van der Waals surface area contributed by atoms with E-state index in [1.165, 1.54) is 5.56 Å². The molecule has 0 radical (unpaired) electrons. The van der Waals surface area contributed by atoms with Crippen LogP contribution >= 0.6 is 0 Å². The normalized spacial score (nSPS) is 18.2. The highest BCUT2D eigenvalue weighted by Crippen LogP contribution is 2.27. The first-order chi connectivity index (χ1) is 8.84. The molecule has 1 aliphatic rings. The number of nitrogens with one attached hydrogen (secondary N) is 1. The summed E-state index contributed by atoms with van der Waals surface area (Å²) in [6.45, 7) is 0. The van der Waals surface area contributed by atoms with Crippen molar-refractivity contribution in [3.8, 4) is 5.75 Å². The van der Waals surface area contributed by atoms with E-state index in [0.29, 0.717) is 0 Å². The van der Waals surface area contributed by atoms with Gasteiger partial charge in [-0.25, -0.2) is 0 Å². The molecule has 0 bridgehead atoms. The highest BCUT2D eigenvalue weighted by molar-refractivity contribution is 6.03. The summed E-state index contributed by atoms with van der Waals surface area (Å²) in [7, 11) is 0. The number of para-hydroxylation sites is 1. The molecule has 0 fully saturated rings. The summed E-state index contributed by atoms with van der Waals surface area (Å²) in [5, 5.41) is 14.2. The van der Waals surface area contributed by atoms with Gasteiger partial charge in [-0.15, -0.1) is 0 Å². The number of rotatable bonds is 2. The van der Waals surface area contributed by atoms with Gasteiger partial charge in [0.2, 0.25) is 0 Å². The van der Waals surface area contributed by atoms with Crippen LogP contribution < -0.4 is 5.43 Å². The largest absolute Gasteiger partial charge is 0.507 e. The van der Waals surface area contributed by atoms with Crippen molar-refractivity contribution in [1.29, 1.82) is 0 Å². The maximum Gasteiger partial charge on any atom is 0.124 e. The van der Waals surface area contributed by atoms with Crippen LogP contribution in [0.25, 0.3) is 0 Å². The van der Waals surface area contributed by atoms with Crippen LogP contribution in [0, 0.1) is 0 Å². The monoisotopic (exact) mass is 238 g/mol. The number of hydrazone groups is 1. The number of aromatic hydroxyl groups is 1. The second kappa shape index (κ2) is 4.53. The number of phenols is 1. The molecule has 3 rings (SSSR count).